The largest absolute Gasteiger partial charge is 0.435 e. The van der Waals surface area contributed by atoms with Crippen molar-refractivity contribution in [3.8, 4) is 5.75 Å². The van der Waals surface area contributed by atoms with Crippen LogP contribution in [0.4, 0.5) is 19.3 Å². The van der Waals surface area contributed by atoms with E-state index in [1.54, 1.807) is 43.4 Å². The van der Waals surface area contributed by atoms with Crippen LogP contribution in [0.5, 0.6) is 5.75 Å². The maximum absolute atomic E-state index is 12.1. The van der Waals surface area contributed by atoms with Gasteiger partial charge in [0.05, 0.1) is 10.7 Å². The predicted octanol–water partition coefficient (Wildman–Crippen LogP) is 4.61. The number of ether oxygens (including phenoxy) is 1. The zero-order chi connectivity index (χ0) is 16.8. The Kier molecular flexibility index (Phi) is 5.76. The number of alkyl halides is 2. The van der Waals surface area contributed by atoms with Crippen molar-refractivity contribution in [2.24, 2.45) is 0 Å². The SMILES string of the molecule is CN(Cc1ccc(OC(F)F)cc1)C(=O)Nc1ccccc1Cl. The molecular weight excluding hydrogens is 326 g/mol. The van der Waals surface area contributed by atoms with E-state index >= 15 is 0 Å². The molecule has 0 fully saturated rings. The van der Waals surface area contributed by atoms with Crippen LogP contribution in [-0.4, -0.2) is 24.6 Å². The lowest BCUT2D eigenvalue weighted by Gasteiger charge is -2.18. The molecule has 122 valence electrons. The maximum Gasteiger partial charge on any atom is 0.387 e. The molecule has 0 atom stereocenters. The monoisotopic (exact) mass is 340 g/mol. The van der Waals surface area contributed by atoms with Gasteiger partial charge in [0.1, 0.15) is 5.75 Å². The minimum absolute atomic E-state index is 0.0759. The number of para-hydroxylation sites is 1. The minimum atomic E-state index is -2.86. The molecule has 1 N–H and O–H groups in total. The molecule has 7 heteroatoms. The Hall–Kier alpha value is -2.34. The molecule has 0 unspecified atom stereocenters. The van der Waals surface area contributed by atoms with Crippen LogP contribution in [0.2, 0.25) is 5.02 Å². The average Bonchev–Trinajstić information content (AvgIpc) is 2.51. The second-order valence-electron chi connectivity index (χ2n) is 4.79. The Balaban J connectivity index is 1.94. The summed E-state index contributed by atoms with van der Waals surface area (Å²) in [6.45, 7) is -2.55. The van der Waals surface area contributed by atoms with Crippen LogP contribution in [0.1, 0.15) is 5.56 Å². The number of carbonyl (C=O) groups excluding carboxylic acids is 1. The summed E-state index contributed by atoms with van der Waals surface area (Å²) in [5.74, 6) is 0.0759. The van der Waals surface area contributed by atoms with Crippen molar-refractivity contribution in [2.45, 2.75) is 13.2 Å². The van der Waals surface area contributed by atoms with E-state index in [0.717, 1.165) is 5.56 Å². The fourth-order valence-corrected chi connectivity index (χ4v) is 2.08. The third-order valence-corrected chi connectivity index (χ3v) is 3.36. The number of carbonyl (C=O) groups is 1. The number of hydrogen-bond acceptors (Lipinski definition) is 2. The molecule has 0 saturated heterocycles. The summed E-state index contributed by atoms with van der Waals surface area (Å²) in [6, 6.07) is 12.7. The van der Waals surface area contributed by atoms with Crippen molar-refractivity contribution in [1.29, 1.82) is 0 Å². The summed E-state index contributed by atoms with van der Waals surface area (Å²) in [5, 5.41) is 3.15. The Bertz CT molecular complexity index is 665. The summed E-state index contributed by atoms with van der Waals surface area (Å²) < 4.78 is 28.4. The number of urea groups is 1. The van der Waals surface area contributed by atoms with Gasteiger partial charge in [-0.3, -0.25) is 0 Å². The first-order valence-electron chi connectivity index (χ1n) is 6.76. The van der Waals surface area contributed by atoms with E-state index in [0.29, 0.717) is 17.3 Å². The molecule has 0 aliphatic carbocycles. The summed E-state index contributed by atoms with van der Waals surface area (Å²) in [4.78, 5) is 13.6. The molecule has 4 nitrogen and oxygen atoms in total. The number of benzene rings is 2. The van der Waals surface area contributed by atoms with Gasteiger partial charge in [0, 0.05) is 13.6 Å². The van der Waals surface area contributed by atoms with Gasteiger partial charge in [-0.05, 0) is 29.8 Å². The molecule has 0 bridgehead atoms. The highest BCUT2D eigenvalue weighted by Gasteiger charge is 2.11. The van der Waals surface area contributed by atoms with Crippen molar-refractivity contribution < 1.29 is 18.3 Å². The third-order valence-electron chi connectivity index (χ3n) is 3.03. The van der Waals surface area contributed by atoms with Gasteiger partial charge in [-0.15, -0.1) is 0 Å². The van der Waals surface area contributed by atoms with Crippen molar-refractivity contribution in [1.82, 2.24) is 4.90 Å². The zero-order valence-electron chi connectivity index (χ0n) is 12.3. The number of hydrogen-bond donors (Lipinski definition) is 1. The van der Waals surface area contributed by atoms with Crippen LogP contribution >= 0.6 is 11.6 Å². The Morgan fingerprint density at radius 3 is 2.48 bits per heavy atom. The van der Waals surface area contributed by atoms with Gasteiger partial charge in [0.2, 0.25) is 0 Å². The van der Waals surface area contributed by atoms with E-state index in [2.05, 4.69) is 10.1 Å². The summed E-state index contributed by atoms with van der Waals surface area (Å²) in [5.41, 5.74) is 1.30. The molecule has 23 heavy (non-hydrogen) atoms. The van der Waals surface area contributed by atoms with E-state index in [9.17, 15) is 13.6 Å². The normalized spacial score (nSPS) is 10.5. The lowest BCUT2D eigenvalue weighted by Crippen LogP contribution is -2.30. The van der Waals surface area contributed by atoms with Crippen molar-refractivity contribution >= 4 is 23.3 Å². The Labute approximate surface area is 137 Å². The highest BCUT2D eigenvalue weighted by molar-refractivity contribution is 6.33. The van der Waals surface area contributed by atoms with E-state index in [-0.39, 0.29) is 11.8 Å². The molecule has 2 amide bonds. The molecule has 0 saturated carbocycles. The highest BCUT2D eigenvalue weighted by Crippen LogP contribution is 2.21. The van der Waals surface area contributed by atoms with Crippen LogP contribution in [-0.2, 0) is 6.54 Å². The van der Waals surface area contributed by atoms with Crippen molar-refractivity contribution in [2.75, 3.05) is 12.4 Å². The second-order valence-corrected chi connectivity index (χ2v) is 5.20. The molecule has 2 aromatic carbocycles. The fraction of sp³-hybridized carbons (Fsp3) is 0.188. The number of halogens is 3. The smallest absolute Gasteiger partial charge is 0.387 e. The fourth-order valence-electron chi connectivity index (χ4n) is 1.90. The topological polar surface area (TPSA) is 41.6 Å². The summed E-state index contributed by atoms with van der Waals surface area (Å²) in [7, 11) is 1.62. The molecule has 0 aliphatic rings. The van der Waals surface area contributed by atoms with Crippen LogP contribution in [0.15, 0.2) is 48.5 Å². The van der Waals surface area contributed by atoms with Crippen LogP contribution < -0.4 is 10.1 Å². The van der Waals surface area contributed by atoms with Gasteiger partial charge in [-0.1, -0.05) is 35.9 Å². The van der Waals surface area contributed by atoms with Gasteiger partial charge in [0.15, 0.2) is 0 Å². The minimum Gasteiger partial charge on any atom is -0.435 e. The molecule has 2 aromatic rings. The molecule has 0 heterocycles. The Morgan fingerprint density at radius 1 is 1.22 bits per heavy atom. The molecule has 0 spiro atoms. The first-order chi connectivity index (χ1) is 11.0. The number of nitrogens with zero attached hydrogens (tertiary/aromatic N) is 1. The third kappa shape index (κ3) is 5.10. The first-order valence-corrected chi connectivity index (χ1v) is 7.14. The van der Waals surface area contributed by atoms with E-state index < -0.39 is 6.61 Å². The van der Waals surface area contributed by atoms with E-state index in [4.69, 9.17) is 11.6 Å². The van der Waals surface area contributed by atoms with E-state index in [1.165, 1.54) is 17.0 Å². The van der Waals surface area contributed by atoms with Crippen LogP contribution in [0.3, 0.4) is 0 Å². The van der Waals surface area contributed by atoms with Crippen molar-refractivity contribution in [3.63, 3.8) is 0 Å². The van der Waals surface area contributed by atoms with Gasteiger partial charge in [0.25, 0.3) is 0 Å². The molecular formula is C16H15ClF2N2O2. The van der Waals surface area contributed by atoms with Gasteiger partial charge >= 0.3 is 12.6 Å². The zero-order valence-corrected chi connectivity index (χ0v) is 13.1. The lowest BCUT2D eigenvalue weighted by molar-refractivity contribution is -0.0498. The maximum atomic E-state index is 12.1. The molecule has 0 aromatic heterocycles. The number of rotatable bonds is 5. The average molecular weight is 341 g/mol. The van der Waals surface area contributed by atoms with Crippen molar-refractivity contribution in [3.05, 3.63) is 59.1 Å². The van der Waals surface area contributed by atoms with E-state index in [1.807, 2.05) is 0 Å². The van der Waals surface area contributed by atoms with Gasteiger partial charge < -0.3 is 15.0 Å². The predicted molar refractivity (Wildman–Crippen MR) is 85.0 cm³/mol. The second kappa shape index (κ2) is 7.78. The standard InChI is InChI=1S/C16H15ClF2N2O2/c1-21(16(22)20-14-5-3-2-4-13(14)17)10-11-6-8-12(9-7-11)23-15(18)19/h2-9,15H,10H2,1H3,(H,20,22). The van der Waals surface area contributed by atoms with Gasteiger partial charge in [-0.2, -0.15) is 8.78 Å². The van der Waals surface area contributed by atoms with Gasteiger partial charge in [-0.25, -0.2) is 4.79 Å². The summed E-state index contributed by atoms with van der Waals surface area (Å²) in [6.07, 6.45) is 0. The molecule has 0 radical (unpaired) electrons. The molecule has 0 aliphatic heterocycles. The lowest BCUT2D eigenvalue weighted by atomic mass is 10.2. The Morgan fingerprint density at radius 2 is 1.87 bits per heavy atom. The van der Waals surface area contributed by atoms with Crippen LogP contribution in [0.25, 0.3) is 0 Å². The highest BCUT2D eigenvalue weighted by atomic mass is 35.5. The number of anilines is 1. The van der Waals surface area contributed by atoms with Crippen LogP contribution in [0, 0.1) is 0 Å². The first kappa shape index (κ1) is 17.0. The summed E-state index contributed by atoms with van der Waals surface area (Å²) >= 11 is 5.98. The number of nitrogens with one attached hydrogen (secondary N) is 1. The quantitative estimate of drug-likeness (QED) is 0.863. The number of amides is 2. The molecule has 2 rings (SSSR count).